The Balaban J connectivity index is 1.44. The molecular formula is C28H27FN8. The summed E-state index contributed by atoms with van der Waals surface area (Å²) in [5, 5.41) is 11.2. The average molecular weight is 495 g/mol. The number of piperidine rings is 1. The zero-order chi connectivity index (χ0) is 25.4. The molecule has 1 atom stereocenters. The summed E-state index contributed by atoms with van der Waals surface area (Å²) >= 11 is 0. The summed E-state index contributed by atoms with van der Waals surface area (Å²) in [5.41, 5.74) is 3.65. The van der Waals surface area contributed by atoms with Crippen molar-refractivity contribution < 1.29 is 4.39 Å². The largest absolute Gasteiger partial charge is 0.366 e. The fourth-order valence-corrected chi connectivity index (χ4v) is 4.75. The minimum atomic E-state index is -0.453. The van der Waals surface area contributed by atoms with E-state index in [4.69, 9.17) is 9.97 Å². The second kappa shape index (κ2) is 9.33. The van der Waals surface area contributed by atoms with Gasteiger partial charge in [0.25, 0.3) is 0 Å². The van der Waals surface area contributed by atoms with E-state index < -0.39 is 5.82 Å². The summed E-state index contributed by atoms with van der Waals surface area (Å²) in [7, 11) is 0. The van der Waals surface area contributed by atoms with Gasteiger partial charge in [0, 0.05) is 42.3 Å². The van der Waals surface area contributed by atoms with Crippen molar-refractivity contribution >= 4 is 33.9 Å². The molecule has 0 bridgehead atoms. The van der Waals surface area contributed by atoms with Gasteiger partial charge in [-0.15, -0.1) is 0 Å². The lowest BCUT2D eigenvalue weighted by Gasteiger charge is -2.40. The van der Waals surface area contributed by atoms with E-state index in [0.29, 0.717) is 11.6 Å². The van der Waals surface area contributed by atoms with E-state index in [2.05, 4.69) is 56.9 Å². The van der Waals surface area contributed by atoms with Crippen molar-refractivity contribution in [2.24, 2.45) is 5.41 Å². The van der Waals surface area contributed by atoms with Crippen LogP contribution in [0.25, 0.3) is 27.9 Å². The minimum absolute atomic E-state index is 0.0407. The van der Waals surface area contributed by atoms with E-state index in [-0.39, 0.29) is 17.3 Å². The van der Waals surface area contributed by atoms with Gasteiger partial charge in [0.15, 0.2) is 17.5 Å². The third-order valence-electron chi connectivity index (χ3n) is 6.94. The number of nitrogens with zero attached hydrogens (tertiary/aromatic N) is 5. The van der Waals surface area contributed by atoms with Crippen LogP contribution in [0.4, 0.5) is 21.8 Å². The minimum Gasteiger partial charge on any atom is -0.366 e. The monoisotopic (exact) mass is 494 g/mol. The molecule has 8 nitrogen and oxygen atoms in total. The summed E-state index contributed by atoms with van der Waals surface area (Å²) in [6, 6.07) is 6.76. The Labute approximate surface area is 214 Å². The Morgan fingerprint density at radius 3 is 2.76 bits per heavy atom. The van der Waals surface area contributed by atoms with Crippen LogP contribution in [0.5, 0.6) is 0 Å². The number of hydrogen-bond acceptors (Lipinski definition) is 8. The molecule has 37 heavy (non-hydrogen) atoms. The lowest BCUT2D eigenvalue weighted by molar-refractivity contribution is 0.236. The Bertz CT molecular complexity index is 1540. The zero-order valence-corrected chi connectivity index (χ0v) is 20.7. The van der Waals surface area contributed by atoms with Crippen molar-refractivity contribution in [1.82, 2.24) is 30.2 Å². The van der Waals surface area contributed by atoms with Crippen LogP contribution in [-0.2, 0) is 0 Å². The van der Waals surface area contributed by atoms with Crippen LogP contribution in [0.15, 0.2) is 67.3 Å². The van der Waals surface area contributed by atoms with Gasteiger partial charge in [0.05, 0.1) is 17.1 Å². The van der Waals surface area contributed by atoms with Crippen molar-refractivity contribution in [1.29, 1.82) is 0 Å². The van der Waals surface area contributed by atoms with Crippen LogP contribution in [-0.4, -0.2) is 44.1 Å². The SMILES string of the molecule is CC1(C)CNCC[C@@H]1Nc1nc(-c2ccnc(Nc3ncccc3F)c2)nc2cncc(C3=CC=C3)c12. The highest BCUT2D eigenvalue weighted by Crippen LogP contribution is 2.36. The molecular weight excluding hydrogens is 467 g/mol. The molecule has 0 amide bonds. The summed E-state index contributed by atoms with van der Waals surface area (Å²) in [5.74, 6) is 1.42. The van der Waals surface area contributed by atoms with Gasteiger partial charge in [-0.3, -0.25) is 4.98 Å². The first-order valence-electron chi connectivity index (χ1n) is 12.3. The van der Waals surface area contributed by atoms with Gasteiger partial charge in [-0.1, -0.05) is 32.1 Å². The van der Waals surface area contributed by atoms with Gasteiger partial charge in [-0.05, 0) is 48.2 Å². The number of rotatable bonds is 6. The Morgan fingerprint density at radius 2 is 1.97 bits per heavy atom. The van der Waals surface area contributed by atoms with Crippen LogP contribution in [0.1, 0.15) is 25.8 Å². The highest BCUT2D eigenvalue weighted by atomic mass is 19.1. The van der Waals surface area contributed by atoms with Gasteiger partial charge in [-0.2, -0.15) is 0 Å². The molecule has 4 aromatic heterocycles. The van der Waals surface area contributed by atoms with E-state index in [9.17, 15) is 4.39 Å². The van der Waals surface area contributed by atoms with Crippen molar-refractivity contribution in [2.75, 3.05) is 23.7 Å². The molecule has 3 N–H and O–H groups in total. The number of pyridine rings is 3. The zero-order valence-electron chi connectivity index (χ0n) is 20.7. The van der Waals surface area contributed by atoms with Crippen molar-refractivity contribution in [2.45, 2.75) is 26.3 Å². The van der Waals surface area contributed by atoms with Crippen LogP contribution >= 0.6 is 0 Å². The number of allylic oxidation sites excluding steroid dienone is 4. The maximum Gasteiger partial charge on any atom is 0.167 e. The molecule has 6 rings (SSSR count). The maximum absolute atomic E-state index is 14.1. The first-order chi connectivity index (χ1) is 18.0. The van der Waals surface area contributed by atoms with E-state index in [1.165, 1.54) is 12.3 Å². The highest BCUT2D eigenvalue weighted by Gasteiger charge is 2.33. The molecule has 4 aromatic rings. The fourth-order valence-electron chi connectivity index (χ4n) is 4.75. The maximum atomic E-state index is 14.1. The first kappa shape index (κ1) is 23.2. The van der Waals surface area contributed by atoms with E-state index in [1.807, 2.05) is 18.3 Å². The van der Waals surface area contributed by atoms with Crippen molar-refractivity contribution in [3.8, 4) is 11.4 Å². The van der Waals surface area contributed by atoms with Gasteiger partial charge in [0.2, 0.25) is 0 Å². The standard InChI is InChI=1S/C28H27FN8/c1-28(2)16-30-11-9-22(28)35-27-24-19(17-5-3-6-17)14-31-15-21(24)34-25(37-27)18-8-12-32-23(13-18)36-26-20(29)7-4-10-33-26/h3-8,10,12-15,22,30H,9,11,16H2,1-2H3,(H,32,33,36)(H,34,35,37)/t22-/m0/s1. The first-order valence-corrected chi connectivity index (χ1v) is 12.3. The predicted molar refractivity (Wildman–Crippen MR) is 144 cm³/mol. The van der Waals surface area contributed by atoms with Crippen LogP contribution in [0, 0.1) is 11.2 Å². The molecule has 0 aromatic carbocycles. The third kappa shape index (κ3) is 4.53. The molecule has 0 saturated carbocycles. The molecule has 0 spiro atoms. The fraction of sp³-hybridized carbons (Fsp3) is 0.250. The molecule has 5 heterocycles. The van der Waals surface area contributed by atoms with Crippen molar-refractivity contribution in [3.05, 3.63) is 78.7 Å². The normalized spacial score (nSPS) is 18.2. The summed E-state index contributed by atoms with van der Waals surface area (Å²) in [6.45, 7) is 6.39. The molecule has 1 aliphatic heterocycles. The number of nitrogens with one attached hydrogen (secondary N) is 3. The van der Waals surface area contributed by atoms with Crippen LogP contribution in [0.3, 0.4) is 0 Å². The number of fused-ring (bicyclic) bond motifs is 1. The van der Waals surface area contributed by atoms with Crippen molar-refractivity contribution in [3.63, 3.8) is 0 Å². The predicted octanol–water partition coefficient (Wildman–Crippen LogP) is 5.12. The van der Waals surface area contributed by atoms with Crippen LogP contribution in [0.2, 0.25) is 0 Å². The molecule has 0 radical (unpaired) electrons. The quantitative estimate of drug-likeness (QED) is 0.340. The van der Waals surface area contributed by atoms with Gasteiger partial charge in [0.1, 0.15) is 11.6 Å². The number of anilines is 3. The average Bonchev–Trinajstić information content (AvgIpc) is 2.86. The second-order valence-electron chi connectivity index (χ2n) is 10.00. The van der Waals surface area contributed by atoms with Crippen LogP contribution < -0.4 is 16.0 Å². The highest BCUT2D eigenvalue weighted by molar-refractivity contribution is 6.02. The number of aromatic nitrogens is 5. The van der Waals surface area contributed by atoms with E-state index >= 15 is 0 Å². The van der Waals surface area contributed by atoms with Gasteiger partial charge < -0.3 is 16.0 Å². The lowest BCUT2D eigenvalue weighted by Crippen LogP contribution is -2.49. The molecule has 1 fully saturated rings. The number of halogens is 1. The third-order valence-corrected chi connectivity index (χ3v) is 6.94. The Hall–Kier alpha value is -4.24. The summed E-state index contributed by atoms with van der Waals surface area (Å²) < 4.78 is 14.1. The topological polar surface area (TPSA) is 101 Å². The molecule has 1 aliphatic carbocycles. The van der Waals surface area contributed by atoms with Gasteiger partial charge >= 0.3 is 0 Å². The Kier molecular flexibility index (Phi) is 5.84. The number of hydrogen-bond donors (Lipinski definition) is 3. The molecule has 186 valence electrons. The Morgan fingerprint density at radius 1 is 1.08 bits per heavy atom. The second-order valence-corrected chi connectivity index (χ2v) is 10.00. The summed E-state index contributed by atoms with van der Waals surface area (Å²) in [6.07, 6.45) is 14.0. The molecule has 9 heteroatoms. The van der Waals surface area contributed by atoms with Gasteiger partial charge in [-0.25, -0.2) is 24.3 Å². The lowest BCUT2D eigenvalue weighted by atomic mass is 9.80. The smallest absolute Gasteiger partial charge is 0.167 e. The molecule has 2 aliphatic rings. The molecule has 0 unspecified atom stereocenters. The van der Waals surface area contributed by atoms with E-state index in [1.54, 1.807) is 24.5 Å². The molecule has 1 saturated heterocycles. The van der Waals surface area contributed by atoms with E-state index in [0.717, 1.165) is 52.9 Å². The summed E-state index contributed by atoms with van der Waals surface area (Å²) in [4.78, 5) is 22.8.